The molecule has 1 saturated heterocycles. The minimum atomic E-state index is -0.682. The summed E-state index contributed by atoms with van der Waals surface area (Å²) in [5.74, 6) is -1.55. The van der Waals surface area contributed by atoms with Crippen LogP contribution in [0, 0.1) is 5.92 Å². The van der Waals surface area contributed by atoms with Gasteiger partial charge in [-0.1, -0.05) is 25.1 Å². The highest BCUT2D eigenvalue weighted by Gasteiger charge is 2.29. The van der Waals surface area contributed by atoms with Gasteiger partial charge in [-0.25, -0.2) is 9.59 Å². The summed E-state index contributed by atoms with van der Waals surface area (Å²) in [4.78, 5) is 49.4. The van der Waals surface area contributed by atoms with Gasteiger partial charge < -0.3 is 20.3 Å². The molecule has 0 aromatic heterocycles. The van der Waals surface area contributed by atoms with E-state index in [0.717, 1.165) is 6.42 Å². The van der Waals surface area contributed by atoms with Crippen molar-refractivity contribution in [2.24, 2.45) is 5.92 Å². The number of rotatable bonds is 6. The molecule has 9 nitrogen and oxygen atoms in total. The first-order valence-corrected chi connectivity index (χ1v) is 9.77. The average Bonchev–Trinajstić information content (AvgIpc) is 2.72. The summed E-state index contributed by atoms with van der Waals surface area (Å²) in [6, 6.07) is 8.25. The van der Waals surface area contributed by atoms with Crippen molar-refractivity contribution in [1.82, 2.24) is 15.5 Å². The van der Waals surface area contributed by atoms with Gasteiger partial charge in [0.25, 0.3) is 5.91 Å². The zero-order chi connectivity index (χ0) is 21.2. The standard InChI is InChI=1S/C20H28N4O5/c1-3-14(2)21-19(27)23-17(25)13-29-18(26)15-9-11-24(12-10-15)20(28)22-16-7-5-4-6-8-16/h4-8,14-15H,3,9-13H2,1-2H3,(H,22,28)(H2,21,23,25,27)/t14-/m0/s1. The number of carbonyl (C=O) groups is 4. The zero-order valence-electron chi connectivity index (χ0n) is 16.8. The lowest BCUT2D eigenvalue weighted by Gasteiger charge is -2.30. The molecule has 5 amide bonds. The molecule has 0 saturated carbocycles. The fourth-order valence-electron chi connectivity index (χ4n) is 2.82. The molecule has 3 N–H and O–H groups in total. The number of amides is 5. The summed E-state index contributed by atoms with van der Waals surface area (Å²) in [6.45, 7) is 4.05. The van der Waals surface area contributed by atoms with E-state index in [0.29, 0.717) is 31.6 Å². The Kier molecular flexibility index (Phi) is 8.45. The van der Waals surface area contributed by atoms with Crippen molar-refractivity contribution in [1.29, 1.82) is 0 Å². The number of imide groups is 1. The molecule has 1 aliphatic heterocycles. The van der Waals surface area contributed by atoms with Crippen LogP contribution in [0.4, 0.5) is 15.3 Å². The number of para-hydroxylation sites is 1. The van der Waals surface area contributed by atoms with E-state index in [1.165, 1.54) is 0 Å². The molecule has 158 valence electrons. The Morgan fingerprint density at radius 1 is 1.14 bits per heavy atom. The van der Waals surface area contributed by atoms with Crippen molar-refractivity contribution in [3.63, 3.8) is 0 Å². The Labute approximate surface area is 170 Å². The highest BCUT2D eigenvalue weighted by atomic mass is 16.5. The number of ether oxygens (including phenoxy) is 1. The van der Waals surface area contributed by atoms with E-state index in [4.69, 9.17) is 4.74 Å². The van der Waals surface area contributed by atoms with Crippen molar-refractivity contribution in [2.45, 2.75) is 39.2 Å². The van der Waals surface area contributed by atoms with E-state index in [1.807, 2.05) is 32.0 Å². The van der Waals surface area contributed by atoms with Gasteiger partial charge in [-0.05, 0) is 38.3 Å². The van der Waals surface area contributed by atoms with Crippen LogP contribution in [0.15, 0.2) is 30.3 Å². The number of benzene rings is 1. The number of carbonyl (C=O) groups excluding carboxylic acids is 4. The van der Waals surface area contributed by atoms with Crippen LogP contribution in [0.3, 0.4) is 0 Å². The summed E-state index contributed by atoms with van der Waals surface area (Å²) in [5, 5.41) is 7.52. The molecule has 0 radical (unpaired) electrons. The fraction of sp³-hybridized carbons (Fsp3) is 0.500. The van der Waals surface area contributed by atoms with Crippen LogP contribution in [0.2, 0.25) is 0 Å². The summed E-state index contributed by atoms with van der Waals surface area (Å²) in [6.07, 6.45) is 1.65. The molecule has 9 heteroatoms. The van der Waals surface area contributed by atoms with Gasteiger partial charge >= 0.3 is 18.0 Å². The minimum Gasteiger partial charge on any atom is -0.455 e. The lowest BCUT2D eigenvalue weighted by atomic mass is 9.97. The van der Waals surface area contributed by atoms with Gasteiger partial charge in [-0.2, -0.15) is 0 Å². The quantitative estimate of drug-likeness (QED) is 0.628. The molecule has 1 aliphatic rings. The molecule has 2 rings (SSSR count). The number of nitrogens with zero attached hydrogens (tertiary/aromatic N) is 1. The number of nitrogens with one attached hydrogen (secondary N) is 3. The van der Waals surface area contributed by atoms with Gasteiger partial charge in [0.2, 0.25) is 0 Å². The van der Waals surface area contributed by atoms with Crippen LogP contribution in [-0.2, 0) is 14.3 Å². The number of esters is 1. The van der Waals surface area contributed by atoms with Gasteiger partial charge in [-0.15, -0.1) is 0 Å². The summed E-state index contributed by atoms with van der Waals surface area (Å²) >= 11 is 0. The minimum absolute atomic E-state index is 0.0605. The Morgan fingerprint density at radius 2 is 1.79 bits per heavy atom. The van der Waals surface area contributed by atoms with Crippen molar-refractivity contribution in [3.05, 3.63) is 30.3 Å². The molecule has 1 aromatic carbocycles. The zero-order valence-corrected chi connectivity index (χ0v) is 16.8. The van der Waals surface area contributed by atoms with E-state index in [9.17, 15) is 19.2 Å². The van der Waals surface area contributed by atoms with E-state index in [1.54, 1.807) is 17.0 Å². The fourth-order valence-corrected chi connectivity index (χ4v) is 2.82. The molecule has 0 aliphatic carbocycles. The largest absolute Gasteiger partial charge is 0.455 e. The van der Waals surface area contributed by atoms with Crippen LogP contribution in [0.25, 0.3) is 0 Å². The number of hydrogen-bond acceptors (Lipinski definition) is 5. The van der Waals surface area contributed by atoms with Crippen molar-refractivity contribution in [3.8, 4) is 0 Å². The van der Waals surface area contributed by atoms with Gasteiger partial charge in [0.1, 0.15) is 0 Å². The number of hydrogen-bond donors (Lipinski definition) is 3. The van der Waals surface area contributed by atoms with Gasteiger partial charge in [0.05, 0.1) is 5.92 Å². The second kappa shape index (κ2) is 11.0. The van der Waals surface area contributed by atoms with Crippen molar-refractivity contribution >= 4 is 29.6 Å². The van der Waals surface area contributed by atoms with E-state index in [2.05, 4.69) is 16.0 Å². The maximum Gasteiger partial charge on any atom is 0.321 e. The molecule has 0 spiro atoms. The van der Waals surface area contributed by atoms with Crippen LogP contribution in [0.5, 0.6) is 0 Å². The lowest BCUT2D eigenvalue weighted by molar-refractivity contribution is -0.153. The molecule has 1 atom stereocenters. The molecule has 0 unspecified atom stereocenters. The third-order valence-electron chi connectivity index (χ3n) is 4.73. The van der Waals surface area contributed by atoms with Gasteiger partial charge in [0, 0.05) is 24.8 Å². The topological polar surface area (TPSA) is 117 Å². The predicted octanol–water partition coefficient (Wildman–Crippen LogP) is 2.10. The number of anilines is 1. The van der Waals surface area contributed by atoms with Crippen LogP contribution in [-0.4, -0.2) is 54.6 Å². The van der Waals surface area contributed by atoms with Crippen LogP contribution >= 0.6 is 0 Å². The molecule has 1 aromatic rings. The summed E-state index contributed by atoms with van der Waals surface area (Å²) < 4.78 is 5.02. The Bertz CT molecular complexity index is 717. The molecule has 1 fully saturated rings. The average molecular weight is 404 g/mol. The lowest BCUT2D eigenvalue weighted by Crippen LogP contribution is -2.45. The third kappa shape index (κ3) is 7.44. The van der Waals surface area contributed by atoms with Gasteiger partial charge in [0.15, 0.2) is 6.61 Å². The second-order valence-electron chi connectivity index (χ2n) is 7.00. The maximum absolute atomic E-state index is 12.3. The highest BCUT2D eigenvalue weighted by Crippen LogP contribution is 2.19. The Balaban J connectivity index is 1.68. The second-order valence-corrected chi connectivity index (χ2v) is 7.00. The predicted molar refractivity (Wildman–Crippen MR) is 107 cm³/mol. The molecule has 29 heavy (non-hydrogen) atoms. The molecular weight excluding hydrogens is 376 g/mol. The van der Waals surface area contributed by atoms with E-state index in [-0.39, 0.29) is 18.0 Å². The maximum atomic E-state index is 12.3. The Hall–Kier alpha value is -3.10. The van der Waals surface area contributed by atoms with Crippen molar-refractivity contribution < 1.29 is 23.9 Å². The molecular formula is C20H28N4O5. The highest BCUT2D eigenvalue weighted by molar-refractivity contribution is 5.95. The van der Waals surface area contributed by atoms with Crippen LogP contribution < -0.4 is 16.0 Å². The van der Waals surface area contributed by atoms with E-state index < -0.39 is 24.5 Å². The SMILES string of the molecule is CC[C@H](C)NC(=O)NC(=O)COC(=O)C1CCN(C(=O)Nc2ccccc2)CC1. The van der Waals surface area contributed by atoms with Crippen LogP contribution in [0.1, 0.15) is 33.1 Å². The normalized spacial score (nSPS) is 15.2. The Morgan fingerprint density at radius 3 is 2.41 bits per heavy atom. The molecule has 0 bridgehead atoms. The third-order valence-corrected chi connectivity index (χ3v) is 4.73. The van der Waals surface area contributed by atoms with E-state index >= 15 is 0 Å². The van der Waals surface area contributed by atoms with Crippen molar-refractivity contribution in [2.75, 3.05) is 25.0 Å². The first-order valence-electron chi connectivity index (χ1n) is 9.77. The monoisotopic (exact) mass is 404 g/mol. The number of piperidine rings is 1. The first kappa shape index (κ1) is 22.2. The number of likely N-dealkylation sites (tertiary alicyclic amines) is 1. The van der Waals surface area contributed by atoms with Gasteiger partial charge in [-0.3, -0.25) is 14.9 Å². The first-order chi connectivity index (χ1) is 13.9. The smallest absolute Gasteiger partial charge is 0.321 e. The molecule has 1 heterocycles. The summed E-state index contributed by atoms with van der Waals surface area (Å²) in [5.41, 5.74) is 0.711. The summed E-state index contributed by atoms with van der Waals surface area (Å²) in [7, 11) is 0. The number of urea groups is 2.